The summed E-state index contributed by atoms with van der Waals surface area (Å²) >= 11 is 0. The summed E-state index contributed by atoms with van der Waals surface area (Å²) in [5.74, 6) is 0.866. The van der Waals surface area contributed by atoms with Crippen LogP contribution in [0, 0.1) is 5.41 Å². The quantitative estimate of drug-likeness (QED) is 0.577. The van der Waals surface area contributed by atoms with Crippen LogP contribution in [0.25, 0.3) is 0 Å². The number of ether oxygens (including phenoxy) is 1. The van der Waals surface area contributed by atoms with E-state index >= 15 is 0 Å². The first kappa shape index (κ1) is 20.5. The molecule has 8 heteroatoms. The van der Waals surface area contributed by atoms with E-state index in [1.165, 1.54) is 0 Å². The van der Waals surface area contributed by atoms with Gasteiger partial charge in [-0.1, -0.05) is 13.8 Å². The molecule has 0 radical (unpaired) electrons. The molecule has 0 bridgehead atoms. The van der Waals surface area contributed by atoms with Crippen molar-refractivity contribution in [3.05, 3.63) is 0 Å². The van der Waals surface area contributed by atoms with E-state index in [2.05, 4.69) is 29.1 Å². The molecule has 0 aromatic carbocycles. The van der Waals surface area contributed by atoms with Gasteiger partial charge in [-0.15, -0.1) is 0 Å². The molecule has 2 atom stereocenters. The number of rotatable bonds is 5. The third kappa shape index (κ3) is 5.82. The summed E-state index contributed by atoms with van der Waals surface area (Å²) in [5, 5.41) is 3.29. The van der Waals surface area contributed by atoms with Crippen LogP contribution in [-0.4, -0.2) is 80.8 Å². The highest BCUT2D eigenvalue weighted by atomic mass is 32.2. The SMILES string of the molecule is CCNC(=NCCS(=O)(=O)N1CC(C)OC(C)C1)N1CCC(C)(C)C1. The van der Waals surface area contributed by atoms with Crippen molar-refractivity contribution in [3.8, 4) is 0 Å². The van der Waals surface area contributed by atoms with Gasteiger partial charge in [-0.3, -0.25) is 4.99 Å². The minimum atomic E-state index is -3.31. The monoisotopic (exact) mass is 374 g/mol. The van der Waals surface area contributed by atoms with Crippen molar-refractivity contribution >= 4 is 16.0 Å². The zero-order valence-corrected chi connectivity index (χ0v) is 17.1. The van der Waals surface area contributed by atoms with Crippen molar-refractivity contribution in [3.63, 3.8) is 0 Å². The van der Waals surface area contributed by atoms with Crippen LogP contribution >= 0.6 is 0 Å². The maximum absolute atomic E-state index is 12.6. The number of nitrogens with zero attached hydrogens (tertiary/aromatic N) is 3. The minimum Gasteiger partial charge on any atom is -0.373 e. The molecule has 1 N–H and O–H groups in total. The molecule has 7 nitrogen and oxygen atoms in total. The Labute approximate surface area is 152 Å². The average molecular weight is 375 g/mol. The van der Waals surface area contributed by atoms with Crippen molar-refractivity contribution in [2.45, 2.75) is 53.2 Å². The smallest absolute Gasteiger partial charge is 0.216 e. The summed E-state index contributed by atoms with van der Waals surface area (Å²) in [6.45, 7) is 14.2. The normalized spacial score (nSPS) is 28.4. The van der Waals surface area contributed by atoms with Gasteiger partial charge in [0.05, 0.1) is 24.5 Å². The van der Waals surface area contributed by atoms with Crippen LogP contribution < -0.4 is 5.32 Å². The first-order valence-electron chi connectivity index (χ1n) is 9.29. The molecule has 2 aliphatic rings. The molecule has 0 aliphatic carbocycles. The molecule has 2 heterocycles. The molecule has 146 valence electrons. The highest BCUT2D eigenvalue weighted by molar-refractivity contribution is 7.89. The van der Waals surface area contributed by atoms with Gasteiger partial charge in [0, 0.05) is 32.7 Å². The first-order chi connectivity index (χ1) is 11.6. The fraction of sp³-hybridized carbons (Fsp3) is 0.941. The molecular formula is C17H34N4O3S. The second-order valence-corrected chi connectivity index (χ2v) is 10.1. The number of sulfonamides is 1. The third-order valence-corrected chi connectivity index (χ3v) is 6.49. The van der Waals surface area contributed by atoms with Crippen LogP contribution in [0.4, 0.5) is 0 Å². The van der Waals surface area contributed by atoms with Crippen molar-refractivity contribution in [2.24, 2.45) is 10.4 Å². The lowest BCUT2D eigenvalue weighted by Gasteiger charge is -2.34. The van der Waals surface area contributed by atoms with E-state index in [1.54, 1.807) is 4.31 Å². The molecule has 0 aromatic heterocycles. The summed E-state index contributed by atoms with van der Waals surface area (Å²) in [7, 11) is -3.31. The van der Waals surface area contributed by atoms with E-state index in [0.29, 0.717) is 13.1 Å². The lowest BCUT2D eigenvalue weighted by molar-refractivity contribution is -0.0440. The Morgan fingerprint density at radius 1 is 1.28 bits per heavy atom. The zero-order valence-electron chi connectivity index (χ0n) is 16.3. The Kier molecular flexibility index (Phi) is 6.73. The van der Waals surface area contributed by atoms with Crippen LogP contribution in [0.1, 0.15) is 41.0 Å². The Morgan fingerprint density at radius 2 is 1.92 bits per heavy atom. The number of hydrogen-bond acceptors (Lipinski definition) is 4. The van der Waals surface area contributed by atoms with E-state index in [1.807, 2.05) is 20.8 Å². The van der Waals surface area contributed by atoms with E-state index in [0.717, 1.165) is 32.0 Å². The summed E-state index contributed by atoms with van der Waals surface area (Å²) in [4.78, 5) is 6.80. The Bertz CT molecular complexity index is 566. The molecular weight excluding hydrogens is 340 g/mol. The number of morpholine rings is 1. The Hall–Kier alpha value is -0.860. The van der Waals surface area contributed by atoms with Crippen LogP contribution in [-0.2, 0) is 14.8 Å². The lowest BCUT2D eigenvalue weighted by Crippen LogP contribution is -2.49. The number of likely N-dealkylation sites (tertiary alicyclic amines) is 1. The van der Waals surface area contributed by atoms with Crippen molar-refractivity contribution in [1.82, 2.24) is 14.5 Å². The minimum absolute atomic E-state index is 0.0402. The van der Waals surface area contributed by atoms with Crippen LogP contribution in [0.2, 0.25) is 0 Å². The van der Waals surface area contributed by atoms with Crippen molar-refractivity contribution < 1.29 is 13.2 Å². The maximum Gasteiger partial charge on any atom is 0.216 e. The molecule has 0 aromatic rings. The van der Waals surface area contributed by atoms with Crippen LogP contribution in [0.5, 0.6) is 0 Å². The van der Waals surface area contributed by atoms with Gasteiger partial charge >= 0.3 is 0 Å². The molecule has 2 fully saturated rings. The first-order valence-corrected chi connectivity index (χ1v) is 10.9. The fourth-order valence-corrected chi connectivity index (χ4v) is 4.93. The average Bonchev–Trinajstić information content (AvgIpc) is 2.85. The van der Waals surface area contributed by atoms with Gasteiger partial charge in [0.1, 0.15) is 0 Å². The lowest BCUT2D eigenvalue weighted by atomic mass is 9.93. The predicted octanol–water partition coefficient (Wildman–Crippen LogP) is 1.12. The predicted molar refractivity (Wildman–Crippen MR) is 101 cm³/mol. The summed E-state index contributed by atoms with van der Waals surface area (Å²) in [6.07, 6.45) is 0.997. The van der Waals surface area contributed by atoms with Gasteiger partial charge in [0.15, 0.2) is 5.96 Å². The second kappa shape index (κ2) is 8.22. The van der Waals surface area contributed by atoms with Crippen molar-refractivity contribution in [2.75, 3.05) is 45.0 Å². The summed E-state index contributed by atoms with van der Waals surface area (Å²) in [6, 6.07) is 0. The van der Waals surface area contributed by atoms with Crippen molar-refractivity contribution in [1.29, 1.82) is 0 Å². The molecule has 0 saturated carbocycles. The number of guanidine groups is 1. The Morgan fingerprint density at radius 3 is 2.44 bits per heavy atom. The second-order valence-electron chi connectivity index (χ2n) is 7.96. The number of nitrogens with one attached hydrogen (secondary N) is 1. The van der Waals surface area contributed by atoms with Gasteiger partial charge in [0.25, 0.3) is 0 Å². The molecule has 2 aliphatic heterocycles. The maximum atomic E-state index is 12.6. The molecule has 2 rings (SSSR count). The summed E-state index contributed by atoms with van der Waals surface area (Å²) < 4.78 is 32.4. The van der Waals surface area contributed by atoms with E-state index < -0.39 is 10.0 Å². The number of aliphatic imine (C=N–C) groups is 1. The van der Waals surface area contributed by atoms with Gasteiger partial charge in [-0.25, -0.2) is 8.42 Å². The standard InChI is InChI=1S/C17H34N4O3S/c1-6-18-16(20-9-7-17(4,5)13-20)19-8-10-25(22,23)21-11-14(2)24-15(3)12-21/h14-15H,6-13H2,1-5H3,(H,18,19). The molecule has 2 unspecified atom stereocenters. The molecule has 0 amide bonds. The summed E-state index contributed by atoms with van der Waals surface area (Å²) in [5.41, 5.74) is 0.280. The van der Waals surface area contributed by atoms with Crippen LogP contribution in [0.3, 0.4) is 0 Å². The van der Waals surface area contributed by atoms with E-state index in [4.69, 9.17) is 4.74 Å². The largest absolute Gasteiger partial charge is 0.373 e. The highest BCUT2D eigenvalue weighted by Gasteiger charge is 2.32. The number of hydrogen-bond donors (Lipinski definition) is 1. The zero-order chi connectivity index (χ0) is 18.7. The van der Waals surface area contributed by atoms with Gasteiger partial charge < -0.3 is 15.0 Å². The van der Waals surface area contributed by atoms with Gasteiger partial charge in [0.2, 0.25) is 10.0 Å². The van der Waals surface area contributed by atoms with Crippen LogP contribution in [0.15, 0.2) is 4.99 Å². The molecule has 25 heavy (non-hydrogen) atoms. The van der Waals surface area contributed by atoms with Gasteiger partial charge in [-0.05, 0) is 32.6 Å². The molecule has 0 spiro atoms. The van der Waals surface area contributed by atoms with Gasteiger partial charge in [-0.2, -0.15) is 4.31 Å². The van der Waals surface area contributed by atoms with E-state index in [9.17, 15) is 8.42 Å². The molecule has 2 saturated heterocycles. The highest BCUT2D eigenvalue weighted by Crippen LogP contribution is 2.28. The Balaban J connectivity index is 1.96. The van der Waals surface area contributed by atoms with E-state index in [-0.39, 0.29) is 29.9 Å². The third-order valence-electron chi connectivity index (χ3n) is 4.70. The topological polar surface area (TPSA) is 74.2 Å². The fourth-order valence-electron chi connectivity index (χ4n) is 3.47.